The molecule has 29 heavy (non-hydrogen) atoms. The maximum absolute atomic E-state index is 12.7. The van der Waals surface area contributed by atoms with Gasteiger partial charge in [-0.2, -0.15) is 0 Å². The molecular formula is C24H35N3O2. The standard InChI is InChI=1S/C24H35N3O2/c1-15-19-16-7-5-10-23(16,2)11-8-17(19)24(3)12-9-18(28)27(4)21(24)20(15)29-22-25-13-6-14-26-22/h6,13-17,19-21H,5,7-12H2,1-4H3/t15?,16-,17+,19-,20?,21?,23-,24+/m0/s1. The highest BCUT2D eigenvalue weighted by molar-refractivity contribution is 5.77. The molecule has 1 aromatic rings. The molecule has 1 aliphatic heterocycles. The van der Waals surface area contributed by atoms with E-state index in [2.05, 4.69) is 30.7 Å². The molecular weight excluding hydrogens is 362 g/mol. The predicted octanol–water partition coefficient (Wildman–Crippen LogP) is 4.33. The van der Waals surface area contributed by atoms with E-state index in [-0.39, 0.29) is 23.5 Å². The largest absolute Gasteiger partial charge is 0.458 e. The minimum atomic E-state index is -0.0548. The lowest BCUT2D eigenvalue weighted by molar-refractivity contribution is -0.192. The Labute approximate surface area is 174 Å². The Kier molecular flexibility index (Phi) is 4.45. The van der Waals surface area contributed by atoms with Crippen molar-refractivity contribution in [2.75, 3.05) is 7.05 Å². The van der Waals surface area contributed by atoms with E-state index in [0.717, 1.165) is 12.3 Å². The molecule has 3 saturated carbocycles. The summed E-state index contributed by atoms with van der Waals surface area (Å²) in [5.41, 5.74) is 0.589. The third kappa shape index (κ3) is 2.75. The van der Waals surface area contributed by atoms with Gasteiger partial charge in [0.2, 0.25) is 5.91 Å². The Morgan fingerprint density at radius 2 is 1.86 bits per heavy atom. The van der Waals surface area contributed by atoms with Gasteiger partial charge in [0.1, 0.15) is 6.10 Å². The van der Waals surface area contributed by atoms with Crippen molar-refractivity contribution in [3.05, 3.63) is 18.5 Å². The number of carbonyl (C=O) groups excluding carboxylic acids is 1. The van der Waals surface area contributed by atoms with Crippen LogP contribution in [0.2, 0.25) is 0 Å². The number of fused-ring (bicyclic) bond motifs is 5. The molecule has 158 valence electrons. The summed E-state index contributed by atoms with van der Waals surface area (Å²) >= 11 is 0. The molecule has 0 spiro atoms. The summed E-state index contributed by atoms with van der Waals surface area (Å²) in [6.45, 7) is 7.36. The van der Waals surface area contributed by atoms with Crippen molar-refractivity contribution in [3.63, 3.8) is 0 Å². The van der Waals surface area contributed by atoms with Gasteiger partial charge in [-0.3, -0.25) is 4.79 Å². The van der Waals surface area contributed by atoms with Crippen molar-refractivity contribution in [2.45, 2.75) is 77.9 Å². The molecule has 1 saturated heterocycles. The summed E-state index contributed by atoms with van der Waals surface area (Å²) in [6.07, 6.45) is 11.8. The quantitative estimate of drug-likeness (QED) is 0.745. The maximum Gasteiger partial charge on any atom is 0.316 e. The lowest BCUT2D eigenvalue weighted by Crippen LogP contribution is -2.69. The van der Waals surface area contributed by atoms with Crippen molar-refractivity contribution in [1.29, 1.82) is 0 Å². The third-order valence-electron chi connectivity index (χ3n) is 9.54. The van der Waals surface area contributed by atoms with Gasteiger partial charge in [-0.15, -0.1) is 0 Å². The van der Waals surface area contributed by atoms with Gasteiger partial charge in [-0.1, -0.05) is 27.2 Å². The van der Waals surface area contributed by atoms with Gasteiger partial charge >= 0.3 is 6.01 Å². The summed E-state index contributed by atoms with van der Waals surface area (Å²) in [7, 11) is 1.99. The molecule has 0 bridgehead atoms. The molecule has 4 aliphatic rings. The van der Waals surface area contributed by atoms with E-state index in [1.54, 1.807) is 12.4 Å². The van der Waals surface area contributed by atoms with Crippen LogP contribution >= 0.6 is 0 Å². The number of hydrogen-bond acceptors (Lipinski definition) is 4. The first kappa shape index (κ1) is 19.3. The van der Waals surface area contributed by atoms with E-state index >= 15 is 0 Å². The lowest BCUT2D eigenvalue weighted by atomic mass is 9.44. The van der Waals surface area contributed by atoms with Gasteiger partial charge in [0.05, 0.1) is 6.04 Å². The zero-order valence-corrected chi connectivity index (χ0v) is 18.3. The number of nitrogens with zero attached hydrogens (tertiary/aromatic N) is 3. The second-order valence-corrected chi connectivity index (χ2v) is 10.8. The normalized spacial score (nSPS) is 46.6. The third-order valence-corrected chi connectivity index (χ3v) is 9.54. The van der Waals surface area contributed by atoms with Gasteiger partial charge in [-0.05, 0) is 72.7 Å². The molecule has 5 nitrogen and oxygen atoms in total. The molecule has 5 rings (SSSR count). The highest BCUT2D eigenvalue weighted by Crippen LogP contribution is 2.66. The van der Waals surface area contributed by atoms with E-state index in [1.165, 1.54) is 32.1 Å². The molecule has 0 aromatic carbocycles. The molecule has 3 unspecified atom stereocenters. The van der Waals surface area contributed by atoms with Crippen LogP contribution in [0.4, 0.5) is 0 Å². The number of carbonyl (C=O) groups is 1. The number of likely N-dealkylation sites (N-methyl/N-ethyl adjacent to an activating group) is 1. The molecule has 0 N–H and O–H groups in total. The Balaban J connectivity index is 1.58. The fourth-order valence-corrected chi connectivity index (χ4v) is 8.13. The minimum Gasteiger partial charge on any atom is -0.458 e. The predicted molar refractivity (Wildman–Crippen MR) is 111 cm³/mol. The molecule has 4 fully saturated rings. The Hall–Kier alpha value is -1.65. The first-order valence-electron chi connectivity index (χ1n) is 11.5. The first-order valence-corrected chi connectivity index (χ1v) is 11.5. The summed E-state index contributed by atoms with van der Waals surface area (Å²) in [4.78, 5) is 23.5. The second kappa shape index (κ2) is 6.68. The first-order chi connectivity index (χ1) is 13.8. The van der Waals surface area contributed by atoms with Crippen LogP contribution in [0.3, 0.4) is 0 Å². The van der Waals surface area contributed by atoms with Gasteiger partial charge in [0, 0.05) is 25.9 Å². The van der Waals surface area contributed by atoms with Crippen LogP contribution in [0.5, 0.6) is 6.01 Å². The number of piperidine rings is 1. The molecule has 8 atom stereocenters. The SMILES string of the molecule is CC1C(Oc2ncccn2)C2N(C)C(=O)CC[C@]2(C)[C@@H]2CC[C@]3(C)CCC[C@H]3[C@H]12. The monoisotopic (exact) mass is 397 g/mol. The zero-order valence-electron chi connectivity index (χ0n) is 18.3. The van der Waals surface area contributed by atoms with Crippen molar-refractivity contribution >= 4 is 5.91 Å². The van der Waals surface area contributed by atoms with Crippen LogP contribution in [-0.4, -0.2) is 40.0 Å². The Morgan fingerprint density at radius 1 is 1.10 bits per heavy atom. The summed E-state index contributed by atoms with van der Waals surface area (Å²) in [5, 5.41) is 0. The Morgan fingerprint density at radius 3 is 2.62 bits per heavy atom. The van der Waals surface area contributed by atoms with Gasteiger partial charge in [0.25, 0.3) is 0 Å². The fourth-order valence-electron chi connectivity index (χ4n) is 8.13. The van der Waals surface area contributed by atoms with E-state index in [9.17, 15) is 4.79 Å². The van der Waals surface area contributed by atoms with Crippen LogP contribution in [0.25, 0.3) is 0 Å². The number of likely N-dealkylation sites (tertiary alicyclic amines) is 1. The van der Waals surface area contributed by atoms with Gasteiger partial charge < -0.3 is 9.64 Å². The van der Waals surface area contributed by atoms with Crippen molar-refractivity contribution in [2.24, 2.45) is 34.5 Å². The lowest BCUT2D eigenvalue weighted by Gasteiger charge is -2.65. The van der Waals surface area contributed by atoms with Crippen LogP contribution in [0, 0.1) is 34.5 Å². The van der Waals surface area contributed by atoms with E-state index < -0.39 is 0 Å². The number of aromatic nitrogens is 2. The highest BCUT2D eigenvalue weighted by atomic mass is 16.5. The molecule has 3 aliphatic carbocycles. The van der Waals surface area contributed by atoms with Crippen LogP contribution in [-0.2, 0) is 4.79 Å². The van der Waals surface area contributed by atoms with Crippen LogP contribution < -0.4 is 4.74 Å². The number of hydrogen-bond donors (Lipinski definition) is 0. The topological polar surface area (TPSA) is 55.3 Å². The Bertz CT molecular complexity index is 786. The number of rotatable bonds is 2. The number of amides is 1. The smallest absolute Gasteiger partial charge is 0.316 e. The number of ether oxygens (including phenoxy) is 1. The average molecular weight is 398 g/mol. The summed E-state index contributed by atoms with van der Waals surface area (Å²) in [6, 6.07) is 2.36. The van der Waals surface area contributed by atoms with Crippen LogP contribution in [0.1, 0.15) is 65.7 Å². The molecule has 1 aromatic heterocycles. The van der Waals surface area contributed by atoms with Gasteiger partial charge in [0.15, 0.2) is 0 Å². The summed E-state index contributed by atoms with van der Waals surface area (Å²) in [5.74, 6) is 2.75. The fraction of sp³-hybridized carbons (Fsp3) is 0.792. The zero-order chi connectivity index (χ0) is 20.4. The van der Waals surface area contributed by atoms with Crippen molar-refractivity contribution in [3.8, 4) is 6.01 Å². The van der Waals surface area contributed by atoms with E-state index in [4.69, 9.17) is 4.74 Å². The average Bonchev–Trinajstić information content (AvgIpc) is 3.11. The minimum absolute atomic E-state index is 0.0548. The van der Waals surface area contributed by atoms with Gasteiger partial charge in [-0.25, -0.2) is 9.97 Å². The second-order valence-electron chi connectivity index (χ2n) is 10.8. The molecule has 5 heteroatoms. The highest BCUT2D eigenvalue weighted by Gasteiger charge is 2.64. The molecule has 0 radical (unpaired) electrons. The maximum atomic E-state index is 12.7. The molecule has 1 amide bonds. The van der Waals surface area contributed by atoms with E-state index in [1.807, 2.05) is 18.0 Å². The van der Waals surface area contributed by atoms with Crippen molar-refractivity contribution < 1.29 is 9.53 Å². The van der Waals surface area contributed by atoms with E-state index in [0.29, 0.717) is 35.6 Å². The van der Waals surface area contributed by atoms with Crippen molar-refractivity contribution in [1.82, 2.24) is 14.9 Å². The van der Waals surface area contributed by atoms with Crippen LogP contribution in [0.15, 0.2) is 18.5 Å². The molecule has 2 heterocycles. The summed E-state index contributed by atoms with van der Waals surface area (Å²) < 4.78 is 6.54.